The van der Waals surface area contributed by atoms with Crippen LogP contribution in [0.4, 0.5) is 22.4 Å². The first kappa shape index (κ1) is 51.1. The molecule has 7 aromatic rings. The summed E-state index contributed by atoms with van der Waals surface area (Å²) < 4.78 is 3.49. The molecule has 9 atom stereocenters. The molecule has 5 aromatic heterocycles. The van der Waals surface area contributed by atoms with Crippen molar-refractivity contribution in [3.05, 3.63) is 107 Å². The van der Waals surface area contributed by atoms with Gasteiger partial charge in [-0.15, -0.1) is 0 Å². The van der Waals surface area contributed by atoms with Gasteiger partial charge in [0.15, 0.2) is 34.0 Å². The number of halogens is 1. The van der Waals surface area contributed by atoms with Gasteiger partial charge in [0.25, 0.3) is 0 Å². The molecular formula is C52H63ClN16O7. The molecular weight excluding hydrogens is 996 g/mol. The van der Waals surface area contributed by atoms with Gasteiger partial charge in [-0.25, -0.2) is 19.7 Å². The number of nitrogens with one attached hydrogen (secondary N) is 6. The molecule has 11 rings (SSSR count). The predicted molar refractivity (Wildman–Crippen MR) is 282 cm³/mol. The maximum Gasteiger partial charge on any atom is 0.315 e. The van der Waals surface area contributed by atoms with Crippen LogP contribution in [0.1, 0.15) is 105 Å². The Kier molecular flexibility index (Phi) is 14.7. The normalized spacial score (nSPS) is 26.6. The van der Waals surface area contributed by atoms with E-state index in [-0.39, 0.29) is 60.7 Å². The lowest BCUT2D eigenvalue weighted by molar-refractivity contribution is -0.122. The fraction of sp³-hybridized carbons (Fsp3) is 0.481. The van der Waals surface area contributed by atoms with E-state index in [0.29, 0.717) is 96.7 Å². The molecule has 0 spiro atoms. The Labute approximate surface area is 442 Å². The van der Waals surface area contributed by atoms with Gasteiger partial charge in [0, 0.05) is 56.0 Å². The Hall–Kier alpha value is -7.02. The average Bonchev–Trinajstić information content (AvgIpc) is 4.33. The topological polar surface area (TPSA) is 315 Å². The summed E-state index contributed by atoms with van der Waals surface area (Å²) in [5.41, 5.74) is 4.62. The van der Waals surface area contributed by atoms with E-state index in [0.717, 1.165) is 24.0 Å². The Morgan fingerprint density at radius 2 is 1.36 bits per heavy atom. The molecule has 11 N–H and O–H groups in total. The third-order valence-corrected chi connectivity index (χ3v) is 15.9. The highest BCUT2D eigenvalue weighted by molar-refractivity contribution is 6.28. The van der Waals surface area contributed by atoms with E-state index in [9.17, 15) is 35.1 Å². The van der Waals surface area contributed by atoms with Crippen LogP contribution in [0.2, 0.25) is 5.28 Å². The van der Waals surface area contributed by atoms with Crippen molar-refractivity contribution in [1.82, 2.24) is 65.0 Å². The van der Waals surface area contributed by atoms with E-state index in [1.807, 2.05) is 45.9 Å². The van der Waals surface area contributed by atoms with Gasteiger partial charge in [0.05, 0.1) is 55.4 Å². The lowest BCUT2D eigenvalue weighted by Crippen LogP contribution is -2.48. The highest BCUT2D eigenvalue weighted by Gasteiger charge is 2.46. The van der Waals surface area contributed by atoms with Gasteiger partial charge in [-0.3, -0.25) is 4.79 Å². The van der Waals surface area contributed by atoms with Gasteiger partial charge in [0.2, 0.25) is 17.1 Å². The van der Waals surface area contributed by atoms with E-state index in [4.69, 9.17) is 26.6 Å². The number of aromatic amines is 1. The first-order valence-corrected chi connectivity index (χ1v) is 26.5. The lowest BCUT2D eigenvalue weighted by Gasteiger charge is -2.30. The van der Waals surface area contributed by atoms with Gasteiger partial charge < -0.3 is 71.1 Å². The zero-order valence-electron chi connectivity index (χ0n) is 41.8. The summed E-state index contributed by atoms with van der Waals surface area (Å²) >= 11 is 6.44. The van der Waals surface area contributed by atoms with Crippen LogP contribution in [-0.2, 0) is 11.4 Å². The van der Waals surface area contributed by atoms with Crippen molar-refractivity contribution in [2.45, 2.75) is 137 Å². The lowest BCUT2D eigenvalue weighted by atomic mass is 9.91. The monoisotopic (exact) mass is 1060 g/mol. The zero-order valence-corrected chi connectivity index (χ0v) is 42.6. The van der Waals surface area contributed by atoms with Crippen molar-refractivity contribution in [3.63, 3.8) is 0 Å². The summed E-state index contributed by atoms with van der Waals surface area (Å²) in [7, 11) is 0. The minimum absolute atomic E-state index is 0.00597. The van der Waals surface area contributed by atoms with Gasteiger partial charge >= 0.3 is 6.03 Å². The second kappa shape index (κ2) is 21.9. The summed E-state index contributed by atoms with van der Waals surface area (Å²) in [5, 5.41) is 70.5. The number of aliphatic hydroxyl groups is 5. The molecule has 3 amide bonds. The maximum atomic E-state index is 13.6. The van der Waals surface area contributed by atoms with E-state index >= 15 is 0 Å². The van der Waals surface area contributed by atoms with E-state index in [2.05, 4.69) is 75.8 Å². The average molecular weight is 1060 g/mol. The van der Waals surface area contributed by atoms with Crippen molar-refractivity contribution in [2.24, 2.45) is 0 Å². The summed E-state index contributed by atoms with van der Waals surface area (Å²) in [6.45, 7) is 2.99. The molecule has 76 heavy (non-hydrogen) atoms. The molecule has 24 heteroatoms. The number of amides is 3. The fourth-order valence-electron chi connectivity index (χ4n) is 11.6. The third kappa shape index (κ3) is 10.3. The quantitative estimate of drug-likeness (QED) is 0.0618. The Balaban J connectivity index is 0.752. The van der Waals surface area contributed by atoms with Crippen molar-refractivity contribution in [2.75, 3.05) is 35.2 Å². The minimum atomic E-state index is -1.17. The largest absolute Gasteiger partial charge is 0.390 e. The second-order valence-corrected chi connectivity index (χ2v) is 20.9. The van der Waals surface area contributed by atoms with Crippen LogP contribution in [-0.4, -0.2) is 155 Å². The van der Waals surface area contributed by atoms with Crippen molar-refractivity contribution in [3.8, 4) is 0 Å². The number of nitrogens with zero attached hydrogens (tertiary/aromatic N) is 10. The van der Waals surface area contributed by atoms with E-state index in [1.54, 1.807) is 24.1 Å². The summed E-state index contributed by atoms with van der Waals surface area (Å²) in [6.07, 6.45) is 4.46. The summed E-state index contributed by atoms with van der Waals surface area (Å²) in [5.74, 6) is 1.10. The number of hydrogen-bond donors (Lipinski definition) is 11. The zero-order chi connectivity index (χ0) is 52.6. The molecule has 1 saturated heterocycles. The molecule has 0 radical (unpaired) electrons. The van der Waals surface area contributed by atoms with E-state index < -0.39 is 48.5 Å². The number of carbonyl (C=O) groups excluding carboxylic acids is 2. The Morgan fingerprint density at radius 3 is 2.03 bits per heavy atom. The highest BCUT2D eigenvalue weighted by atomic mass is 35.5. The molecule has 0 unspecified atom stereocenters. The van der Waals surface area contributed by atoms with Gasteiger partial charge in [-0.05, 0) is 67.7 Å². The summed E-state index contributed by atoms with van der Waals surface area (Å²) in [6, 6.07) is 18.2. The molecule has 4 aliphatic rings. The van der Waals surface area contributed by atoms with Gasteiger partial charge in [-0.2, -0.15) is 19.9 Å². The number of imidazole rings is 3. The number of aliphatic hydroxyl groups excluding tert-OH is 5. The van der Waals surface area contributed by atoms with Crippen LogP contribution in [0.5, 0.6) is 0 Å². The molecule has 2 aromatic carbocycles. The minimum Gasteiger partial charge on any atom is -0.390 e. The predicted octanol–water partition coefficient (Wildman–Crippen LogP) is 3.39. The molecule has 3 aliphatic carbocycles. The highest BCUT2D eigenvalue weighted by Crippen LogP contribution is 2.43. The van der Waals surface area contributed by atoms with Gasteiger partial charge in [-0.1, -0.05) is 67.6 Å². The maximum absolute atomic E-state index is 13.6. The number of carbonyl (C=O) groups is 2. The molecule has 400 valence electrons. The first-order valence-electron chi connectivity index (χ1n) is 26.2. The van der Waals surface area contributed by atoms with Crippen LogP contribution >= 0.6 is 11.6 Å². The molecule has 1 aliphatic heterocycles. The molecule has 6 heterocycles. The number of rotatable bonds is 16. The number of urea groups is 1. The SMILES string of the molecule is CCC(=O)N[C@H]1C[C@@H](n2cnc3c(NC4CCC(NC(=O)N[C@@H]5CCN(c6nc(NCC(c7ccccc7)c7ccccc7)c7ncn([C@@H]8C[C@H](c9ncc(CO)[nH]9)[C@@H](O)[C@H]8O)c7n6)C5)CC4)nc(Cl)nc32)[C@H](O)[C@@H]1O. The first-order chi connectivity index (χ1) is 36.9. The molecule has 4 fully saturated rings. The second-order valence-electron chi connectivity index (χ2n) is 20.5. The number of fused-ring (bicyclic) bond motifs is 2. The van der Waals surface area contributed by atoms with E-state index in [1.165, 1.54) is 6.20 Å². The van der Waals surface area contributed by atoms with Crippen LogP contribution in [0.25, 0.3) is 22.3 Å². The van der Waals surface area contributed by atoms with Crippen LogP contribution in [0.15, 0.2) is 79.5 Å². The van der Waals surface area contributed by atoms with Crippen molar-refractivity contribution >= 4 is 63.5 Å². The Bertz CT molecular complexity index is 3110. The van der Waals surface area contributed by atoms with Crippen molar-refractivity contribution < 1.29 is 35.1 Å². The number of aromatic nitrogens is 10. The molecule has 3 saturated carbocycles. The number of anilines is 3. The van der Waals surface area contributed by atoms with Crippen LogP contribution in [0, 0.1) is 0 Å². The Morgan fingerprint density at radius 1 is 0.724 bits per heavy atom. The smallest absolute Gasteiger partial charge is 0.315 e. The number of hydrogen-bond acceptors (Lipinski definition) is 17. The van der Waals surface area contributed by atoms with Crippen LogP contribution < -0.4 is 31.5 Å². The fourth-order valence-corrected chi connectivity index (χ4v) is 11.8. The standard InChI is InChI=1S/C52H63ClN16O7/c1-2-38(71)62-35-20-37(44(75)42(35)73)69-26-57-40-47(63-50(53)65-48(40)69)58-29-13-15-30(16-14-29)60-52(76)61-31-17-18-67(23-31)51-64-46(55-22-34(27-9-5-3-6-10-27)28-11-7-4-8-12-28)39-49(66-51)68(25-56-39)36-19-33(41(72)43(36)74)45-54-21-32(24-70)59-45/h3-12,21,25-26,29-31,33-37,41-44,70,72-75H,2,13-20,22-24H2,1H3,(H,54,59)(H,62,71)(H,55,64,66)(H,58,63,65)(H2,60,61,76)/t29?,30?,31-,33+,35+,36-,37-,41-,42-,43+,44+/m1/s1. The summed E-state index contributed by atoms with van der Waals surface area (Å²) in [4.78, 5) is 63.7. The molecule has 23 nitrogen and oxygen atoms in total. The third-order valence-electron chi connectivity index (χ3n) is 15.7. The number of benzene rings is 2. The van der Waals surface area contributed by atoms with Gasteiger partial charge in [0.1, 0.15) is 24.1 Å². The number of H-pyrrole nitrogens is 1. The molecule has 0 bridgehead atoms. The van der Waals surface area contributed by atoms with Crippen molar-refractivity contribution in [1.29, 1.82) is 0 Å². The van der Waals surface area contributed by atoms with Crippen LogP contribution in [0.3, 0.4) is 0 Å².